The summed E-state index contributed by atoms with van der Waals surface area (Å²) in [6, 6.07) is 0. The van der Waals surface area contributed by atoms with Crippen LogP contribution in [0.4, 0.5) is 0 Å². The predicted octanol–water partition coefficient (Wildman–Crippen LogP) is 17.2. The van der Waals surface area contributed by atoms with Gasteiger partial charge < -0.3 is 14.2 Å². The van der Waals surface area contributed by atoms with Crippen molar-refractivity contribution in [1.82, 2.24) is 0 Å². The minimum absolute atomic E-state index is 0.0928. The van der Waals surface area contributed by atoms with Crippen molar-refractivity contribution < 1.29 is 28.6 Å². The maximum Gasteiger partial charge on any atom is 0.306 e. The molecule has 0 aliphatic heterocycles. The molecule has 0 radical (unpaired) electrons. The zero-order valence-electron chi connectivity index (χ0n) is 41.1. The molecule has 0 aromatic rings. The average molecular weight is 877 g/mol. The standard InChI is InChI=1S/C57H96O6/c1-4-7-10-13-16-19-22-24-26-28-30-32-35-38-41-44-47-50-56(59)62-53-54(52-61-55(58)49-46-43-40-37-34-21-18-15-12-9-6-3)63-57(60)51-48-45-42-39-36-33-31-29-27-25-23-20-17-14-11-8-5-2/h7,10,16-17,19-20,24-27,30-33,54H,4-6,8-9,11-15,18,21-23,28-29,34-53H2,1-3H3/b10-7-,19-16-,20-17-,26-24-,27-25-,32-30-,33-31-/t54-/m0/s1. The number of esters is 3. The lowest BCUT2D eigenvalue weighted by Gasteiger charge is -2.18. The molecule has 0 heterocycles. The Bertz CT molecular complexity index is 1240. The van der Waals surface area contributed by atoms with Gasteiger partial charge in [0, 0.05) is 19.3 Å². The van der Waals surface area contributed by atoms with Gasteiger partial charge in [-0.25, -0.2) is 0 Å². The Hall–Kier alpha value is -3.41. The van der Waals surface area contributed by atoms with Crippen molar-refractivity contribution in [1.29, 1.82) is 0 Å². The second kappa shape index (κ2) is 51.2. The Labute approximate surface area is 388 Å². The molecule has 1 atom stereocenters. The fourth-order valence-corrected chi connectivity index (χ4v) is 6.97. The molecule has 0 N–H and O–H groups in total. The number of hydrogen-bond acceptors (Lipinski definition) is 6. The zero-order valence-corrected chi connectivity index (χ0v) is 41.1. The second-order valence-corrected chi connectivity index (χ2v) is 17.1. The quantitative estimate of drug-likeness (QED) is 0.0262. The molecule has 0 fully saturated rings. The molecule has 6 heteroatoms. The SMILES string of the molecule is CC/C=C\C/C=C\C/C=C\C/C=C\CCCCCCC(=O)OC[C@H](COC(=O)CCCCCCCCCCCCC)OC(=O)CCCCCC/C=C\C/C=C\C/C=C\CCCCC. The largest absolute Gasteiger partial charge is 0.462 e. The van der Waals surface area contributed by atoms with E-state index in [0.29, 0.717) is 19.3 Å². The Morgan fingerprint density at radius 3 is 1.00 bits per heavy atom. The smallest absolute Gasteiger partial charge is 0.306 e. The van der Waals surface area contributed by atoms with Crippen LogP contribution in [0.5, 0.6) is 0 Å². The Kier molecular flexibility index (Phi) is 48.5. The zero-order chi connectivity index (χ0) is 45.8. The van der Waals surface area contributed by atoms with Crippen LogP contribution < -0.4 is 0 Å². The summed E-state index contributed by atoms with van der Waals surface area (Å²) in [5.74, 6) is -0.940. The number of hydrogen-bond donors (Lipinski definition) is 0. The Morgan fingerprint density at radius 2 is 0.619 bits per heavy atom. The van der Waals surface area contributed by atoms with Gasteiger partial charge in [-0.05, 0) is 96.3 Å². The molecule has 0 saturated heterocycles. The van der Waals surface area contributed by atoms with Crippen LogP contribution in [0, 0.1) is 0 Å². The third-order valence-corrected chi connectivity index (χ3v) is 10.9. The number of unbranched alkanes of at least 4 members (excludes halogenated alkanes) is 21. The molecule has 0 aromatic carbocycles. The molecule has 0 rings (SSSR count). The molecule has 0 unspecified atom stereocenters. The van der Waals surface area contributed by atoms with Crippen molar-refractivity contribution in [2.24, 2.45) is 0 Å². The van der Waals surface area contributed by atoms with Crippen LogP contribution in [0.3, 0.4) is 0 Å². The van der Waals surface area contributed by atoms with E-state index < -0.39 is 6.10 Å². The van der Waals surface area contributed by atoms with E-state index in [1.54, 1.807) is 0 Å². The summed E-state index contributed by atoms with van der Waals surface area (Å²) >= 11 is 0. The monoisotopic (exact) mass is 877 g/mol. The van der Waals surface area contributed by atoms with Gasteiger partial charge in [0.15, 0.2) is 6.10 Å². The molecule has 0 amide bonds. The van der Waals surface area contributed by atoms with Gasteiger partial charge in [-0.1, -0.05) is 209 Å². The van der Waals surface area contributed by atoms with Gasteiger partial charge in [0.25, 0.3) is 0 Å². The topological polar surface area (TPSA) is 78.9 Å². The van der Waals surface area contributed by atoms with Crippen molar-refractivity contribution in [2.75, 3.05) is 13.2 Å². The van der Waals surface area contributed by atoms with Crippen LogP contribution in [0.1, 0.15) is 239 Å². The number of carbonyl (C=O) groups is 3. The fraction of sp³-hybridized carbons (Fsp3) is 0.702. The maximum absolute atomic E-state index is 12.8. The van der Waals surface area contributed by atoms with E-state index in [2.05, 4.69) is 106 Å². The van der Waals surface area contributed by atoms with E-state index in [1.807, 2.05) is 0 Å². The van der Waals surface area contributed by atoms with Crippen LogP contribution in [0.2, 0.25) is 0 Å². The molecule has 360 valence electrons. The van der Waals surface area contributed by atoms with Gasteiger partial charge >= 0.3 is 17.9 Å². The third-order valence-electron chi connectivity index (χ3n) is 10.9. The van der Waals surface area contributed by atoms with Gasteiger partial charge in [0.2, 0.25) is 0 Å². The number of allylic oxidation sites excluding steroid dienone is 14. The van der Waals surface area contributed by atoms with Crippen molar-refractivity contribution >= 4 is 17.9 Å². The van der Waals surface area contributed by atoms with Crippen LogP contribution in [0.15, 0.2) is 85.1 Å². The van der Waals surface area contributed by atoms with Crippen molar-refractivity contribution in [3.05, 3.63) is 85.1 Å². The summed E-state index contributed by atoms with van der Waals surface area (Å²) in [7, 11) is 0. The third kappa shape index (κ3) is 49.5. The lowest BCUT2D eigenvalue weighted by molar-refractivity contribution is -0.167. The maximum atomic E-state index is 12.8. The van der Waals surface area contributed by atoms with Crippen molar-refractivity contribution in [2.45, 2.75) is 245 Å². The molecule has 0 aromatic heterocycles. The van der Waals surface area contributed by atoms with E-state index in [1.165, 1.54) is 77.0 Å². The highest BCUT2D eigenvalue weighted by atomic mass is 16.6. The van der Waals surface area contributed by atoms with Crippen molar-refractivity contribution in [3.8, 4) is 0 Å². The number of rotatable bonds is 46. The summed E-state index contributed by atoms with van der Waals surface area (Å²) < 4.78 is 16.8. The molecular weight excluding hydrogens is 781 g/mol. The first-order valence-electron chi connectivity index (χ1n) is 26.1. The first kappa shape index (κ1) is 59.6. The molecule has 0 bridgehead atoms. The highest BCUT2D eigenvalue weighted by molar-refractivity contribution is 5.71. The minimum atomic E-state index is -0.796. The van der Waals surface area contributed by atoms with Gasteiger partial charge in [-0.3, -0.25) is 14.4 Å². The van der Waals surface area contributed by atoms with E-state index in [9.17, 15) is 14.4 Å². The summed E-state index contributed by atoms with van der Waals surface area (Å²) in [5, 5.41) is 0. The normalized spacial score (nSPS) is 12.7. The van der Waals surface area contributed by atoms with Gasteiger partial charge in [-0.2, -0.15) is 0 Å². The molecule has 0 aliphatic carbocycles. The lowest BCUT2D eigenvalue weighted by Crippen LogP contribution is -2.30. The highest BCUT2D eigenvalue weighted by Crippen LogP contribution is 2.14. The van der Waals surface area contributed by atoms with E-state index in [0.717, 1.165) is 122 Å². The summed E-state index contributed by atoms with van der Waals surface area (Å²) in [4.78, 5) is 38.0. The summed E-state index contributed by atoms with van der Waals surface area (Å²) in [6.07, 6.45) is 65.6. The minimum Gasteiger partial charge on any atom is -0.462 e. The van der Waals surface area contributed by atoms with Gasteiger partial charge in [0.1, 0.15) is 13.2 Å². The molecule has 0 aliphatic rings. The first-order valence-corrected chi connectivity index (χ1v) is 26.1. The van der Waals surface area contributed by atoms with Crippen LogP contribution in [0.25, 0.3) is 0 Å². The highest BCUT2D eigenvalue weighted by Gasteiger charge is 2.19. The number of carbonyl (C=O) groups excluding carboxylic acids is 3. The molecular formula is C57H96O6. The van der Waals surface area contributed by atoms with Crippen LogP contribution >= 0.6 is 0 Å². The Morgan fingerprint density at radius 1 is 0.333 bits per heavy atom. The fourth-order valence-electron chi connectivity index (χ4n) is 6.97. The lowest BCUT2D eigenvalue weighted by atomic mass is 10.1. The Balaban J connectivity index is 4.46. The van der Waals surface area contributed by atoms with E-state index >= 15 is 0 Å². The summed E-state index contributed by atoms with van der Waals surface area (Å²) in [5.41, 5.74) is 0. The number of ether oxygens (including phenoxy) is 3. The first-order chi connectivity index (χ1) is 31.0. The average Bonchev–Trinajstić information content (AvgIpc) is 3.28. The van der Waals surface area contributed by atoms with Crippen LogP contribution in [-0.2, 0) is 28.6 Å². The van der Waals surface area contributed by atoms with E-state index in [4.69, 9.17) is 14.2 Å². The summed E-state index contributed by atoms with van der Waals surface area (Å²) in [6.45, 7) is 6.45. The molecule has 0 spiro atoms. The second-order valence-electron chi connectivity index (χ2n) is 17.1. The molecule has 0 saturated carbocycles. The van der Waals surface area contributed by atoms with Crippen LogP contribution in [-0.4, -0.2) is 37.2 Å². The predicted molar refractivity (Wildman–Crippen MR) is 270 cm³/mol. The van der Waals surface area contributed by atoms with Crippen molar-refractivity contribution in [3.63, 3.8) is 0 Å². The molecule has 6 nitrogen and oxygen atoms in total. The molecule has 63 heavy (non-hydrogen) atoms. The van der Waals surface area contributed by atoms with Gasteiger partial charge in [-0.15, -0.1) is 0 Å². The van der Waals surface area contributed by atoms with E-state index in [-0.39, 0.29) is 31.1 Å². The van der Waals surface area contributed by atoms with Gasteiger partial charge in [0.05, 0.1) is 0 Å².